The summed E-state index contributed by atoms with van der Waals surface area (Å²) in [5.41, 5.74) is 4.68. The molecule has 0 bridgehead atoms. The minimum Gasteiger partial charge on any atom is -0.497 e. The van der Waals surface area contributed by atoms with Gasteiger partial charge in [-0.25, -0.2) is 4.68 Å². The summed E-state index contributed by atoms with van der Waals surface area (Å²) in [4.78, 5) is 17.1. The van der Waals surface area contributed by atoms with Crippen molar-refractivity contribution in [2.24, 2.45) is 0 Å². The minimum atomic E-state index is -0.300. The highest BCUT2D eigenvalue weighted by Gasteiger charge is 2.22. The van der Waals surface area contributed by atoms with Gasteiger partial charge in [0.1, 0.15) is 11.4 Å². The topological polar surface area (TPSA) is 81.9 Å². The number of amides is 1. The van der Waals surface area contributed by atoms with E-state index in [2.05, 4.69) is 39.7 Å². The van der Waals surface area contributed by atoms with Crippen molar-refractivity contribution in [2.75, 3.05) is 7.11 Å². The van der Waals surface area contributed by atoms with Crippen molar-refractivity contribution in [3.8, 4) is 22.7 Å². The first-order valence-electron chi connectivity index (χ1n) is 10.1. The summed E-state index contributed by atoms with van der Waals surface area (Å²) in [5, 5.41) is 11.4. The summed E-state index contributed by atoms with van der Waals surface area (Å²) < 4.78 is 6.94. The molecular weight excluding hydrogens is 390 g/mol. The molecule has 2 heterocycles. The molecule has 0 unspecified atom stereocenters. The van der Waals surface area contributed by atoms with Gasteiger partial charge in [-0.05, 0) is 53.9 Å². The van der Waals surface area contributed by atoms with Crippen LogP contribution in [0.15, 0.2) is 73.1 Å². The fourth-order valence-electron chi connectivity index (χ4n) is 3.31. The Balaban J connectivity index is 1.66. The van der Waals surface area contributed by atoms with Gasteiger partial charge in [-0.3, -0.25) is 9.78 Å². The van der Waals surface area contributed by atoms with Crippen LogP contribution in [0.4, 0.5) is 0 Å². The van der Waals surface area contributed by atoms with Gasteiger partial charge in [0.2, 0.25) is 0 Å². The Bertz CT molecular complexity index is 1170. The number of aromatic nitrogens is 4. The molecule has 0 saturated heterocycles. The average Bonchev–Trinajstić information content (AvgIpc) is 3.28. The molecule has 4 aromatic rings. The Hall–Kier alpha value is -4.00. The van der Waals surface area contributed by atoms with Gasteiger partial charge in [0, 0.05) is 24.5 Å². The largest absolute Gasteiger partial charge is 0.497 e. The van der Waals surface area contributed by atoms with E-state index in [1.807, 2.05) is 48.5 Å². The van der Waals surface area contributed by atoms with Crippen LogP contribution in [-0.4, -0.2) is 33.0 Å². The number of hydrogen-bond acceptors (Lipinski definition) is 5. The summed E-state index contributed by atoms with van der Waals surface area (Å²) >= 11 is 0. The molecule has 0 aliphatic carbocycles. The molecule has 4 rings (SSSR count). The van der Waals surface area contributed by atoms with Crippen LogP contribution in [0.25, 0.3) is 16.9 Å². The zero-order valence-corrected chi connectivity index (χ0v) is 17.4. The summed E-state index contributed by atoms with van der Waals surface area (Å²) in [5.74, 6) is 0.441. The predicted octanol–water partition coefficient (Wildman–Crippen LogP) is 3.83. The number of pyridine rings is 1. The third kappa shape index (κ3) is 4.45. The number of carbonyl (C=O) groups is 1. The third-order valence-corrected chi connectivity index (χ3v) is 5.02. The van der Waals surface area contributed by atoms with E-state index in [1.165, 1.54) is 5.56 Å². The van der Waals surface area contributed by atoms with E-state index >= 15 is 0 Å². The SMILES string of the molecule is CCc1ccc(-n2nnc(C(=O)NCc3cccc(OC)c3)c2-c2ccncc2)cc1. The maximum Gasteiger partial charge on any atom is 0.274 e. The molecule has 7 nitrogen and oxygen atoms in total. The van der Waals surface area contributed by atoms with Crippen molar-refractivity contribution < 1.29 is 9.53 Å². The molecule has 0 aliphatic heterocycles. The highest BCUT2D eigenvalue weighted by Crippen LogP contribution is 2.25. The first-order chi connectivity index (χ1) is 15.2. The molecule has 0 fully saturated rings. The fraction of sp³-hybridized carbons (Fsp3) is 0.167. The lowest BCUT2D eigenvalue weighted by Gasteiger charge is -2.10. The standard InChI is InChI=1S/C24H23N5O2/c1-3-17-7-9-20(10-8-17)29-23(19-11-13-25-14-12-19)22(27-28-29)24(30)26-16-18-5-4-6-21(15-18)31-2/h4-15H,3,16H2,1-2H3,(H,26,30). The van der Waals surface area contributed by atoms with Gasteiger partial charge in [0.05, 0.1) is 12.8 Å². The zero-order chi connectivity index (χ0) is 21.6. The van der Waals surface area contributed by atoms with Crippen molar-refractivity contribution >= 4 is 5.91 Å². The van der Waals surface area contributed by atoms with Gasteiger partial charge in [0.15, 0.2) is 5.69 Å². The van der Waals surface area contributed by atoms with E-state index in [-0.39, 0.29) is 11.6 Å². The number of benzene rings is 2. The molecule has 2 aromatic heterocycles. The van der Waals surface area contributed by atoms with Crippen LogP contribution in [0, 0.1) is 0 Å². The van der Waals surface area contributed by atoms with Crippen LogP contribution in [0.3, 0.4) is 0 Å². The molecule has 1 amide bonds. The van der Waals surface area contributed by atoms with Crippen molar-refractivity contribution in [1.29, 1.82) is 0 Å². The van der Waals surface area contributed by atoms with E-state index in [4.69, 9.17) is 4.74 Å². The second-order valence-electron chi connectivity index (χ2n) is 6.99. The number of hydrogen-bond donors (Lipinski definition) is 1. The van der Waals surface area contributed by atoms with Crippen molar-refractivity contribution in [1.82, 2.24) is 25.3 Å². The summed E-state index contributed by atoms with van der Waals surface area (Å²) in [7, 11) is 1.62. The number of nitrogens with zero attached hydrogens (tertiary/aromatic N) is 4. The Labute approximate surface area is 180 Å². The molecule has 0 spiro atoms. The monoisotopic (exact) mass is 413 g/mol. The van der Waals surface area contributed by atoms with Gasteiger partial charge in [-0.15, -0.1) is 5.10 Å². The maximum atomic E-state index is 13.0. The second-order valence-corrected chi connectivity index (χ2v) is 6.99. The number of rotatable bonds is 7. The van der Waals surface area contributed by atoms with Crippen LogP contribution in [0.5, 0.6) is 5.75 Å². The molecule has 2 aromatic carbocycles. The summed E-state index contributed by atoms with van der Waals surface area (Å²) in [6.45, 7) is 2.46. The number of nitrogens with one attached hydrogen (secondary N) is 1. The Morgan fingerprint density at radius 2 is 1.81 bits per heavy atom. The van der Waals surface area contributed by atoms with Gasteiger partial charge >= 0.3 is 0 Å². The predicted molar refractivity (Wildman–Crippen MR) is 118 cm³/mol. The second kappa shape index (κ2) is 9.21. The average molecular weight is 413 g/mol. The zero-order valence-electron chi connectivity index (χ0n) is 17.4. The molecule has 0 radical (unpaired) electrons. The third-order valence-electron chi connectivity index (χ3n) is 5.02. The van der Waals surface area contributed by atoms with Crippen molar-refractivity contribution in [3.05, 3.63) is 89.9 Å². The maximum absolute atomic E-state index is 13.0. The quantitative estimate of drug-likeness (QED) is 0.498. The van der Waals surface area contributed by atoms with Crippen LogP contribution in [-0.2, 0) is 13.0 Å². The van der Waals surface area contributed by atoms with E-state index in [9.17, 15) is 4.79 Å². The molecule has 31 heavy (non-hydrogen) atoms. The lowest BCUT2D eigenvalue weighted by molar-refractivity contribution is 0.0946. The van der Waals surface area contributed by atoms with Gasteiger partial charge in [0.25, 0.3) is 5.91 Å². The lowest BCUT2D eigenvalue weighted by atomic mass is 10.1. The summed E-state index contributed by atoms with van der Waals surface area (Å²) in [6, 6.07) is 19.3. The normalized spacial score (nSPS) is 10.6. The smallest absolute Gasteiger partial charge is 0.274 e. The highest BCUT2D eigenvalue weighted by atomic mass is 16.5. The Kier molecular flexibility index (Phi) is 6.03. The van der Waals surface area contributed by atoms with Crippen molar-refractivity contribution in [3.63, 3.8) is 0 Å². The molecule has 0 saturated carbocycles. The fourth-order valence-corrected chi connectivity index (χ4v) is 3.31. The summed E-state index contributed by atoms with van der Waals surface area (Å²) in [6.07, 6.45) is 4.32. The van der Waals surface area contributed by atoms with Gasteiger partial charge in [-0.2, -0.15) is 0 Å². The number of ether oxygens (including phenoxy) is 1. The molecule has 0 aliphatic rings. The Morgan fingerprint density at radius 1 is 1.03 bits per heavy atom. The number of methoxy groups -OCH3 is 1. The number of carbonyl (C=O) groups excluding carboxylic acids is 1. The van der Waals surface area contributed by atoms with E-state index < -0.39 is 0 Å². The van der Waals surface area contributed by atoms with E-state index in [1.54, 1.807) is 24.2 Å². The molecule has 0 atom stereocenters. The van der Waals surface area contributed by atoms with E-state index in [0.717, 1.165) is 29.0 Å². The minimum absolute atomic E-state index is 0.258. The molecule has 1 N–H and O–H groups in total. The Morgan fingerprint density at radius 3 is 2.52 bits per heavy atom. The molecular formula is C24H23N5O2. The van der Waals surface area contributed by atoms with Crippen LogP contribution in [0.2, 0.25) is 0 Å². The van der Waals surface area contributed by atoms with Crippen LogP contribution >= 0.6 is 0 Å². The van der Waals surface area contributed by atoms with E-state index in [0.29, 0.717) is 12.2 Å². The van der Waals surface area contributed by atoms with Crippen LogP contribution < -0.4 is 10.1 Å². The van der Waals surface area contributed by atoms with Gasteiger partial charge < -0.3 is 10.1 Å². The first-order valence-corrected chi connectivity index (χ1v) is 10.1. The highest BCUT2D eigenvalue weighted by molar-refractivity contribution is 5.98. The van der Waals surface area contributed by atoms with Crippen LogP contribution in [0.1, 0.15) is 28.5 Å². The molecule has 156 valence electrons. The first kappa shape index (κ1) is 20.3. The van der Waals surface area contributed by atoms with Gasteiger partial charge in [-0.1, -0.05) is 36.4 Å². The number of aryl methyl sites for hydroxylation is 1. The van der Waals surface area contributed by atoms with Crippen molar-refractivity contribution in [2.45, 2.75) is 19.9 Å². The lowest BCUT2D eigenvalue weighted by Crippen LogP contribution is -2.24. The molecule has 7 heteroatoms.